The van der Waals surface area contributed by atoms with Gasteiger partial charge in [-0.15, -0.1) is 0 Å². The fourth-order valence-corrected chi connectivity index (χ4v) is 7.20. The highest BCUT2D eigenvalue weighted by Gasteiger charge is 2.43. The Morgan fingerprint density at radius 2 is 1.12 bits per heavy atom. The molecule has 4 nitrogen and oxygen atoms in total. The Hall–Kier alpha value is -3.49. The van der Waals surface area contributed by atoms with Gasteiger partial charge in [0, 0.05) is 5.66 Å². The highest BCUT2D eigenvalue weighted by Crippen LogP contribution is 2.55. The molecule has 0 bridgehead atoms. The molecule has 0 aliphatic carbocycles. The van der Waals surface area contributed by atoms with Crippen LogP contribution in [-0.4, -0.2) is 26.2 Å². The number of benzene rings is 4. The molecule has 0 amide bonds. The van der Waals surface area contributed by atoms with Crippen LogP contribution in [0.3, 0.4) is 0 Å². The van der Waals surface area contributed by atoms with Crippen molar-refractivity contribution >= 4 is 41.2 Å². The van der Waals surface area contributed by atoms with E-state index in [1.807, 2.05) is 78.9 Å². The fourth-order valence-electron chi connectivity index (χ4n) is 4.23. The van der Waals surface area contributed by atoms with Crippen LogP contribution in [0.15, 0.2) is 103 Å². The molecule has 0 heterocycles. The van der Waals surface area contributed by atoms with Gasteiger partial charge in [0.05, 0.1) is 14.2 Å². The molecular formula is C28H25O4P. The molecule has 0 aliphatic rings. The molecule has 0 aliphatic heterocycles. The fraction of sp³-hybridized carbons (Fsp3) is 0.143. The van der Waals surface area contributed by atoms with E-state index >= 15 is 0 Å². The molecule has 4 aromatic carbocycles. The Bertz CT molecular complexity index is 1180. The number of carbonyl (C=O) groups excluding carboxylic acids is 2. The van der Waals surface area contributed by atoms with Crippen LogP contribution in [0.5, 0.6) is 0 Å². The van der Waals surface area contributed by atoms with Crippen LogP contribution in [0.25, 0.3) is 10.8 Å². The largest absolute Gasteiger partial charge is 0.468 e. The lowest BCUT2D eigenvalue weighted by atomic mass is 9.94. The molecular weight excluding hydrogens is 431 g/mol. The predicted octanol–water partition coefficient (Wildman–Crippen LogP) is 4.98. The maximum absolute atomic E-state index is 13.1. The molecule has 0 aromatic heterocycles. The van der Waals surface area contributed by atoms with Gasteiger partial charge < -0.3 is 9.47 Å². The second-order valence-corrected chi connectivity index (χ2v) is 9.91. The minimum Gasteiger partial charge on any atom is -0.468 e. The number of ether oxygens (including phenoxy) is 2. The van der Waals surface area contributed by atoms with E-state index in [2.05, 4.69) is 24.3 Å². The number of fused-ring (bicyclic) bond motifs is 1. The normalized spacial score (nSPS) is 12.0. The molecule has 166 valence electrons. The van der Waals surface area contributed by atoms with Gasteiger partial charge in [-0.1, -0.05) is 103 Å². The molecule has 0 saturated heterocycles. The average Bonchev–Trinajstić information content (AvgIpc) is 2.88. The van der Waals surface area contributed by atoms with Crippen molar-refractivity contribution in [2.45, 2.75) is 5.66 Å². The zero-order chi connectivity index (χ0) is 23.2. The van der Waals surface area contributed by atoms with E-state index in [1.165, 1.54) is 14.2 Å². The van der Waals surface area contributed by atoms with E-state index in [1.54, 1.807) is 0 Å². The molecule has 5 heteroatoms. The topological polar surface area (TPSA) is 52.6 Å². The van der Waals surface area contributed by atoms with Gasteiger partial charge in [-0.2, -0.15) is 0 Å². The number of methoxy groups -OCH3 is 2. The lowest BCUT2D eigenvalue weighted by Crippen LogP contribution is -2.34. The summed E-state index contributed by atoms with van der Waals surface area (Å²) >= 11 is 0. The molecule has 0 fully saturated rings. The van der Waals surface area contributed by atoms with Crippen molar-refractivity contribution in [3.63, 3.8) is 0 Å². The average molecular weight is 456 g/mol. The first-order valence-electron chi connectivity index (χ1n) is 10.7. The zero-order valence-corrected chi connectivity index (χ0v) is 19.4. The van der Waals surface area contributed by atoms with Crippen LogP contribution in [0.4, 0.5) is 0 Å². The van der Waals surface area contributed by atoms with Gasteiger partial charge in [-0.25, -0.2) is 0 Å². The minimum atomic E-state index is -1.18. The predicted molar refractivity (Wildman–Crippen MR) is 133 cm³/mol. The number of esters is 2. The number of rotatable bonds is 7. The molecule has 0 N–H and O–H groups in total. The van der Waals surface area contributed by atoms with Crippen molar-refractivity contribution in [3.8, 4) is 0 Å². The Kier molecular flexibility index (Phi) is 7.16. The maximum atomic E-state index is 13.1. The Labute approximate surface area is 194 Å². The number of hydrogen-bond donors (Lipinski definition) is 0. The van der Waals surface area contributed by atoms with Crippen molar-refractivity contribution in [2.24, 2.45) is 5.92 Å². The lowest BCUT2D eigenvalue weighted by molar-refractivity contribution is -0.158. The minimum absolute atomic E-state index is 0.490. The standard InChI is InChI=1S/C28H25O4P/c1-31-27(29)25(28(30)32-2)26(24-19-11-13-20-12-9-10-18-23(20)24)33(21-14-5-3-6-15-21)22-16-7-4-8-17-22/h3-19,25-26H,1-2H3/t26-/m1/s1. The Morgan fingerprint density at radius 1 is 0.636 bits per heavy atom. The molecule has 1 atom stereocenters. The van der Waals surface area contributed by atoms with Crippen molar-refractivity contribution < 1.29 is 19.1 Å². The quantitative estimate of drug-likeness (QED) is 0.224. The molecule has 33 heavy (non-hydrogen) atoms. The summed E-state index contributed by atoms with van der Waals surface area (Å²) in [6, 6.07) is 34.1. The van der Waals surface area contributed by atoms with E-state index < -0.39 is 31.4 Å². The van der Waals surface area contributed by atoms with Gasteiger partial charge in [0.2, 0.25) is 0 Å². The van der Waals surface area contributed by atoms with Crippen molar-refractivity contribution in [1.82, 2.24) is 0 Å². The highest BCUT2D eigenvalue weighted by atomic mass is 31.1. The smallest absolute Gasteiger partial charge is 0.321 e. The summed E-state index contributed by atoms with van der Waals surface area (Å²) in [5.74, 6) is -2.31. The maximum Gasteiger partial charge on any atom is 0.321 e. The summed E-state index contributed by atoms with van der Waals surface area (Å²) < 4.78 is 10.3. The van der Waals surface area contributed by atoms with Crippen molar-refractivity contribution in [2.75, 3.05) is 14.2 Å². The van der Waals surface area contributed by atoms with Crippen LogP contribution in [0, 0.1) is 5.92 Å². The van der Waals surface area contributed by atoms with Gasteiger partial charge in [0.1, 0.15) is 0 Å². The summed E-state index contributed by atoms with van der Waals surface area (Å²) in [6.45, 7) is 0. The molecule has 0 radical (unpaired) electrons. The van der Waals surface area contributed by atoms with Gasteiger partial charge in [-0.3, -0.25) is 9.59 Å². The molecule has 4 rings (SSSR count). The SMILES string of the molecule is COC(=O)C(C(=O)OC)[C@@H](c1cccc2ccccc12)P(c1ccccc1)c1ccccc1. The van der Waals surface area contributed by atoms with E-state index in [0.717, 1.165) is 26.9 Å². The lowest BCUT2D eigenvalue weighted by Gasteiger charge is -2.33. The summed E-state index contributed by atoms with van der Waals surface area (Å²) in [7, 11) is 1.44. The Balaban J connectivity index is 2.05. The first-order chi connectivity index (χ1) is 16.2. The zero-order valence-electron chi connectivity index (χ0n) is 18.5. The van der Waals surface area contributed by atoms with Crippen LogP contribution in [0.1, 0.15) is 11.2 Å². The third kappa shape index (κ3) is 4.67. The van der Waals surface area contributed by atoms with Gasteiger partial charge in [0.25, 0.3) is 0 Å². The summed E-state index contributed by atoms with van der Waals surface area (Å²) in [6.07, 6.45) is 0. The molecule has 0 saturated carbocycles. The molecule has 0 unspecified atom stereocenters. The van der Waals surface area contributed by atoms with E-state index in [-0.39, 0.29) is 0 Å². The van der Waals surface area contributed by atoms with Gasteiger partial charge in [0.15, 0.2) is 5.92 Å². The number of hydrogen-bond acceptors (Lipinski definition) is 4. The molecule has 4 aromatic rings. The highest BCUT2D eigenvalue weighted by molar-refractivity contribution is 7.73. The number of carbonyl (C=O) groups is 2. The van der Waals surface area contributed by atoms with E-state index in [0.29, 0.717) is 0 Å². The summed E-state index contributed by atoms with van der Waals surface area (Å²) in [5.41, 5.74) is 0.434. The van der Waals surface area contributed by atoms with Crippen LogP contribution in [-0.2, 0) is 19.1 Å². The van der Waals surface area contributed by atoms with Crippen molar-refractivity contribution in [3.05, 3.63) is 109 Å². The van der Waals surface area contributed by atoms with E-state index in [9.17, 15) is 9.59 Å². The monoisotopic (exact) mass is 456 g/mol. The third-order valence-corrected chi connectivity index (χ3v) is 8.56. The van der Waals surface area contributed by atoms with Crippen LogP contribution in [0.2, 0.25) is 0 Å². The van der Waals surface area contributed by atoms with Crippen LogP contribution >= 0.6 is 7.92 Å². The molecule has 0 spiro atoms. The van der Waals surface area contributed by atoms with Gasteiger partial charge in [-0.05, 0) is 34.9 Å². The summed E-state index contributed by atoms with van der Waals surface area (Å²) in [4.78, 5) is 26.2. The second kappa shape index (κ2) is 10.4. The second-order valence-electron chi connectivity index (χ2n) is 7.58. The van der Waals surface area contributed by atoms with Crippen LogP contribution < -0.4 is 10.6 Å². The first kappa shape index (κ1) is 22.7. The van der Waals surface area contributed by atoms with E-state index in [4.69, 9.17) is 9.47 Å². The Morgan fingerprint density at radius 3 is 1.67 bits per heavy atom. The van der Waals surface area contributed by atoms with Crippen molar-refractivity contribution in [1.29, 1.82) is 0 Å². The summed E-state index contributed by atoms with van der Waals surface area (Å²) in [5, 5.41) is 4.18. The van der Waals surface area contributed by atoms with Gasteiger partial charge >= 0.3 is 11.9 Å². The third-order valence-electron chi connectivity index (χ3n) is 5.71. The first-order valence-corrected chi connectivity index (χ1v) is 12.1.